The zero-order chi connectivity index (χ0) is 18.5. The Morgan fingerprint density at radius 3 is 2.48 bits per heavy atom. The van der Waals surface area contributed by atoms with Crippen LogP contribution in [0.4, 0.5) is 5.69 Å². The Bertz CT molecular complexity index is 758. The summed E-state index contributed by atoms with van der Waals surface area (Å²) in [5, 5.41) is 1.84. The molecule has 0 aliphatic carbocycles. The molecule has 0 amide bonds. The molecule has 1 atom stereocenters. The Labute approximate surface area is 160 Å². The molecule has 0 saturated carbocycles. The Hall–Kier alpha value is -2.41. The second-order valence-electron chi connectivity index (χ2n) is 7.10. The van der Waals surface area contributed by atoms with Crippen LogP contribution in [-0.4, -0.2) is 37.5 Å². The third-order valence-corrected chi connectivity index (χ3v) is 5.12. The minimum absolute atomic E-state index is 0.714. The molecule has 3 N–H and O–H groups in total. The van der Waals surface area contributed by atoms with Crippen LogP contribution in [0.25, 0.3) is 0 Å². The second-order valence-corrected chi connectivity index (χ2v) is 7.10. The van der Waals surface area contributed by atoms with Crippen LogP contribution in [0.1, 0.15) is 24.8 Å². The highest BCUT2D eigenvalue weighted by Gasteiger charge is 2.32. The summed E-state index contributed by atoms with van der Waals surface area (Å²) >= 11 is 0. The zero-order valence-electron chi connectivity index (χ0n) is 15.6. The van der Waals surface area contributed by atoms with E-state index >= 15 is 0 Å². The van der Waals surface area contributed by atoms with Gasteiger partial charge in [-0.2, -0.15) is 5.43 Å². The Kier molecular flexibility index (Phi) is 5.38. The van der Waals surface area contributed by atoms with Gasteiger partial charge in [0.2, 0.25) is 5.79 Å². The number of nitrogens with zero attached hydrogens (tertiary/aromatic N) is 3. The van der Waals surface area contributed by atoms with Crippen LogP contribution >= 0.6 is 0 Å². The fourth-order valence-electron chi connectivity index (χ4n) is 3.53. The van der Waals surface area contributed by atoms with E-state index in [1.807, 2.05) is 59.6 Å². The molecule has 0 bridgehead atoms. The maximum Gasteiger partial charge on any atom is 0.207 e. The van der Waals surface area contributed by atoms with E-state index in [-0.39, 0.29) is 0 Å². The molecule has 2 heterocycles. The van der Waals surface area contributed by atoms with E-state index in [4.69, 9.17) is 10.5 Å². The lowest BCUT2D eigenvalue weighted by Crippen LogP contribution is -2.51. The molecular formula is C21H27N5O. The van der Waals surface area contributed by atoms with Crippen molar-refractivity contribution in [2.75, 3.05) is 31.3 Å². The normalized spacial score (nSPS) is 22.9. The predicted molar refractivity (Wildman–Crippen MR) is 109 cm³/mol. The molecule has 142 valence electrons. The van der Waals surface area contributed by atoms with Gasteiger partial charge >= 0.3 is 0 Å². The molecule has 6 heteroatoms. The molecule has 6 nitrogen and oxygen atoms in total. The number of hydrogen-bond donors (Lipinski definition) is 2. The molecule has 2 aromatic rings. The molecule has 2 aliphatic rings. The minimum Gasteiger partial charge on any atom is -0.492 e. The lowest BCUT2D eigenvalue weighted by molar-refractivity contribution is 0.183. The standard InChI is InChI=1S/C21H27N5O/c22-21(23-17-26(24-21)19-7-3-1-4-8-19)18-9-11-20(12-10-18)27-16-15-25-13-5-2-6-14-25/h1,3-4,7-12,17,24H,2,5-6,13-16,22H2. The number of aliphatic imine (C=N–C) groups is 1. The first-order chi connectivity index (χ1) is 13.2. The average Bonchev–Trinajstić information content (AvgIpc) is 3.13. The molecule has 2 aliphatic heterocycles. The molecule has 1 fully saturated rings. The fourth-order valence-corrected chi connectivity index (χ4v) is 3.53. The zero-order valence-corrected chi connectivity index (χ0v) is 15.6. The topological polar surface area (TPSA) is 66.1 Å². The van der Waals surface area contributed by atoms with E-state index < -0.39 is 5.79 Å². The summed E-state index contributed by atoms with van der Waals surface area (Å²) in [7, 11) is 0. The lowest BCUT2D eigenvalue weighted by Gasteiger charge is -2.26. The number of ether oxygens (including phenoxy) is 1. The van der Waals surface area contributed by atoms with Gasteiger partial charge in [0.05, 0.1) is 5.69 Å². The largest absolute Gasteiger partial charge is 0.492 e. The molecule has 27 heavy (non-hydrogen) atoms. The third kappa shape index (κ3) is 4.30. The highest BCUT2D eigenvalue weighted by atomic mass is 16.5. The molecule has 0 aromatic heterocycles. The number of hydrazine groups is 1. The molecule has 0 radical (unpaired) electrons. The Balaban J connectivity index is 1.32. The van der Waals surface area contributed by atoms with Crippen molar-refractivity contribution in [1.82, 2.24) is 10.3 Å². The van der Waals surface area contributed by atoms with Crippen molar-refractivity contribution in [2.45, 2.75) is 25.0 Å². The van der Waals surface area contributed by atoms with Gasteiger partial charge in [-0.1, -0.05) is 36.8 Å². The number of rotatable bonds is 6. The Morgan fingerprint density at radius 1 is 1.00 bits per heavy atom. The summed E-state index contributed by atoms with van der Waals surface area (Å²) in [6.45, 7) is 4.09. The number of para-hydroxylation sites is 1. The van der Waals surface area contributed by atoms with Crippen LogP contribution in [0.2, 0.25) is 0 Å². The molecule has 1 unspecified atom stereocenters. The van der Waals surface area contributed by atoms with Crippen LogP contribution in [0.3, 0.4) is 0 Å². The van der Waals surface area contributed by atoms with Gasteiger partial charge in [0.1, 0.15) is 18.7 Å². The van der Waals surface area contributed by atoms with Gasteiger partial charge in [0, 0.05) is 12.1 Å². The monoisotopic (exact) mass is 365 g/mol. The maximum absolute atomic E-state index is 6.46. The molecule has 2 aromatic carbocycles. The number of hydrogen-bond acceptors (Lipinski definition) is 6. The summed E-state index contributed by atoms with van der Waals surface area (Å²) in [5.41, 5.74) is 11.6. The Morgan fingerprint density at radius 2 is 1.74 bits per heavy atom. The summed E-state index contributed by atoms with van der Waals surface area (Å²) in [5.74, 6) is -0.108. The van der Waals surface area contributed by atoms with Crippen LogP contribution in [-0.2, 0) is 5.79 Å². The van der Waals surface area contributed by atoms with Crippen molar-refractivity contribution in [3.63, 3.8) is 0 Å². The van der Waals surface area contributed by atoms with Crippen LogP contribution < -0.4 is 20.9 Å². The molecule has 4 rings (SSSR count). The quantitative estimate of drug-likeness (QED) is 0.824. The van der Waals surface area contributed by atoms with Gasteiger partial charge in [-0.05, 0) is 50.2 Å². The number of nitrogens with one attached hydrogen (secondary N) is 1. The van der Waals surface area contributed by atoms with Crippen molar-refractivity contribution in [1.29, 1.82) is 0 Å². The van der Waals surface area contributed by atoms with Gasteiger partial charge < -0.3 is 4.74 Å². The van der Waals surface area contributed by atoms with E-state index in [0.29, 0.717) is 6.61 Å². The highest BCUT2D eigenvalue weighted by molar-refractivity contribution is 5.80. The van der Waals surface area contributed by atoms with Crippen molar-refractivity contribution in [3.8, 4) is 5.75 Å². The van der Waals surface area contributed by atoms with Gasteiger partial charge in [-0.3, -0.25) is 15.6 Å². The van der Waals surface area contributed by atoms with Gasteiger partial charge in [0.15, 0.2) is 0 Å². The summed E-state index contributed by atoms with van der Waals surface area (Å²) < 4.78 is 5.90. The SMILES string of the molecule is NC1(c2ccc(OCCN3CCCCC3)cc2)N=CN(c2ccccc2)N1. The van der Waals surface area contributed by atoms with E-state index in [1.54, 1.807) is 6.34 Å². The first-order valence-corrected chi connectivity index (χ1v) is 9.65. The van der Waals surface area contributed by atoms with E-state index in [0.717, 1.165) is 23.5 Å². The number of anilines is 1. The summed E-state index contributed by atoms with van der Waals surface area (Å²) in [4.78, 5) is 6.94. The first-order valence-electron chi connectivity index (χ1n) is 9.65. The number of benzene rings is 2. The second kappa shape index (κ2) is 8.08. The number of nitrogens with two attached hydrogens (primary N) is 1. The van der Waals surface area contributed by atoms with E-state index in [9.17, 15) is 0 Å². The molecule has 1 saturated heterocycles. The van der Waals surface area contributed by atoms with E-state index in [2.05, 4.69) is 15.3 Å². The fraction of sp³-hybridized carbons (Fsp3) is 0.381. The van der Waals surface area contributed by atoms with Gasteiger partial charge in [-0.25, -0.2) is 4.99 Å². The maximum atomic E-state index is 6.46. The molecule has 0 spiro atoms. The van der Waals surface area contributed by atoms with Crippen molar-refractivity contribution < 1.29 is 4.74 Å². The van der Waals surface area contributed by atoms with Crippen LogP contribution in [0, 0.1) is 0 Å². The lowest BCUT2D eigenvalue weighted by atomic mass is 10.1. The first kappa shape index (κ1) is 18.0. The predicted octanol–water partition coefficient (Wildman–Crippen LogP) is 2.67. The van der Waals surface area contributed by atoms with Crippen molar-refractivity contribution in [2.24, 2.45) is 10.7 Å². The summed E-state index contributed by atoms with van der Waals surface area (Å²) in [6, 6.07) is 17.8. The van der Waals surface area contributed by atoms with Crippen molar-refractivity contribution >= 4 is 12.0 Å². The van der Waals surface area contributed by atoms with Gasteiger partial charge in [-0.15, -0.1) is 0 Å². The summed E-state index contributed by atoms with van der Waals surface area (Å²) in [6.07, 6.45) is 5.69. The number of piperidine rings is 1. The molecular weight excluding hydrogens is 338 g/mol. The highest BCUT2D eigenvalue weighted by Crippen LogP contribution is 2.25. The van der Waals surface area contributed by atoms with Gasteiger partial charge in [0.25, 0.3) is 0 Å². The van der Waals surface area contributed by atoms with Crippen LogP contribution in [0.5, 0.6) is 5.75 Å². The van der Waals surface area contributed by atoms with Crippen LogP contribution in [0.15, 0.2) is 59.6 Å². The van der Waals surface area contributed by atoms with E-state index in [1.165, 1.54) is 32.4 Å². The average molecular weight is 365 g/mol. The van der Waals surface area contributed by atoms with Crippen molar-refractivity contribution in [3.05, 3.63) is 60.2 Å². The minimum atomic E-state index is -0.970. The third-order valence-electron chi connectivity index (χ3n) is 5.12. The smallest absolute Gasteiger partial charge is 0.207 e. The number of likely N-dealkylation sites (tertiary alicyclic amines) is 1.